The summed E-state index contributed by atoms with van der Waals surface area (Å²) in [6, 6.07) is 5.64. The van der Waals surface area contributed by atoms with Crippen LogP contribution in [0.5, 0.6) is 5.75 Å². The first-order valence-corrected chi connectivity index (χ1v) is 14.9. The highest BCUT2D eigenvalue weighted by Crippen LogP contribution is 2.38. The molecule has 2 amide bonds. The first-order chi connectivity index (χ1) is 17.8. The summed E-state index contributed by atoms with van der Waals surface area (Å²) in [7, 11) is 0. The van der Waals surface area contributed by atoms with Crippen molar-refractivity contribution >= 4 is 52.0 Å². The molecule has 0 aliphatic heterocycles. The minimum atomic E-state index is -4.72. The van der Waals surface area contributed by atoms with E-state index in [9.17, 15) is 27.9 Å². The Morgan fingerprint density at radius 2 is 1.84 bits per heavy atom. The summed E-state index contributed by atoms with van der Waals surface area (Å²) >= 11 is 3.93. The van der Waals surface area contributed by atoms with E-state index in [0.717, 1.165) is 30.6 Å². The Bertz CT molecular complexity index is 1070. The fourth-order valence-corrected chi connectivity index (χ4v) is 7.09. The summed E-state index contributed by atoms with van der Waals surface area (Å²) in [6.07, 6.45) is 1.52. The molecule has 0 bridgehead atoms. The van der Waals surface area contributed by atoms with Gasteiger partial charge in [-0.2, -0.15) is 0 Å². The van der Waals surface area contributed by atoms with Gasteiger partial charge in [-0.25, -0.2) is 9.78 Å². The van der Waals surface area contributed by atoms with Crippen molar-refractivity contribution in [3.8, 4) is 5.75 Å². The summed E-state index contributed by atoms with van der Waals surface area (Å²) in [5.41, 5.74) is 0. The Morgan fingerprint density at radius 3 is 2.45 bits per heavy atom. The van der Waals surface area contributed by atoms with Crippen LogP contribution < -0.4 is 10.1 Å². The molecule has 1 aromatic heterocycles. The molecule has 7 nitrogen and oxygen atoms in total. The van der Waals surface area contributed by atoms with Crippen LogP contribution in [0.25, 0.3) is 0 Å². The zero-order valence-electron chi connectivity index (χ0n) is 21.4. The van der Waals surface area contributed by atoms with Gasteiger partial charge in [0, 0.05) is 17.5 Å². The zero-order valence-corrected chi connectivity index (χ0v) is 23.9. The molecule has 0 radical (unpaired) electrons. The van der Waals surface area contributed by atoms with E-state index in [-0.39, 0.29) is 17.8 Å². The molecule has 0 saturated heterocycles. The summed E-state index contributed by atoms with van der Waals surface area (Å²) in [6.45, 7) is 5.99. The standard InChI is InChI=1S/C25H32F3N3O4S3/c1-16-5-7-17(8-6-16)31(13-4-14-36-19-11-9-18(10-12-19)35-25(26,27)28)23(34)30-22-29-15-20(37-22)38-24(2,3)21(32)33/h9-12,15-17H,4-8,13-14H2,1-3H3,(H,32,33)(H,29,30,34). The molecule has 0 atom stereocenters. The maximum Gasteiger partial charge on any atom is 0.573 e. The van der Waals surface area contributed by atoms with Gasteiger partial charge in [0.25, 0.3) is 0 Å². The molecule has 3 rings (SSSR count). The number of ether oxygens (including phenoxy) is 1. The van der Waals surface area contributed by atoms with Gasteiger partial charge in [0.1, 0.15) is 10.5 Å². The number of nitrogens with one attached hydrogen (secondary N) is 1. The van der Waals surface area contributed by atoms with E-state index in [4.69, 9.17) is 0 Å². The lowest BCUT2D eigenvalue weighted by atomic mass is 9.86. The third kappa shape index (κ3) is 9.57. The first kappa shape index (κ1) is 30.4. The summed E-state index contributed by atoms with van der Waals surface area (Å²) < 4.78 is 40.6. The molecule has 13 heteroatoms. The highest BCUT2D eigenvalue weighted by atomic mass is 32.2. The van der Waals surface area contributed by atoms with Crippen LogP contribution >= 0.6 is 34.9 Å². The number of thiazole rings is 1. The molecule has 1 aliphatic rings. The average Bonchev–Trinajstić information content (AvgIpc) is 3.25. The van der Waals surface area contributed by atoms with Gasteiger partial charge < -0.3 is 14.7 Å². The van der Waals surface area contributed by atoms with Crippen LogP contribution in [0.3, 0.4) is 0 Å². The lowest BCUT2D eigenvalue weighted by molar-refractivity contribution is -0.274. The van der Waals surface area contributed by atoms with Crippen LogP contribution in [0.2, 0.25) is 0 Å². The van der Waals surface area contributed by atoms with Crippen molar-refractivity contribution in [1.29, 1.82) is 0 Å². The maximum atomic E-state index is 13.3. The highest BCUT2D eigenvalue weighted by molar-refractivity contribution is 8.03. The molecule has 0 spiro atoms. The molecule has 1 aliphatic carbocycles. The van der Waals surface area contributed by atoms with Gasteiger partial charge in [0.15, 0.2) is 5.13 Å². The lowest BCUT2D eigenvalue weighted by Crippen LogP contribution is -2.45. The van der Waals surface area contributed by atoms with Crippen LogP contribution in [-0.4, -0.2) is 56.4 Å². The quantitative estimate of drug-likeness (QED) is 0.205. The smallest absolute Gasteiger partial charge is 0.480 e. The Labute approximate surface area is 232 Å². The number of anilines is 1. The number of carbonyl (C=O) groups is 2. The number of alkyl halides is 3. The average molecular weight is 592 g/mol. The number of nitrogens with zero attached hydrogens (tertiary/aromatic N) is 2. The number of thioether (sulfide) groups is 2. The molecule has 2 aromatic rings. The van der Waals surface area contributed by atoms with E-state index >= 15 is 0 Å². The van der Waals surface area contributed by atoms with E-state index in [1.54, 1.807) is 32.2 Å². The largest absolute Gasteiger partial charge is 0.573 e. The van der Waals surface area contributed by atoms with Crippen molar-refractivity contribution in [3.63, 3.8) is 0 Å². The van der Waals surface area contributed by atoms with Gasteiger partial charge >= 0.3 is 18.4 Å². The molecule has 38 heavy (non-hydrogen) atoms. The number of hydrogen-bond acceptors (Lipinski definition) is 7. The van der Waals surface area contributed by atoms with E-state index < -0.39 is 17.1 Å². The van der Waals surface area contributed by atoms with Crippen LogP contribution in [0.15, 0.2) is 39.6 Å². The number of rotatable bonds is 11. The molecule has 1 fully saturated rings. The van der Waals surface area contributed by atoms with Crippen molar-refractivity contribution < 1.29 is 32.6 Å². The van der Waals surface area contributed by atoms with Crippen molar-refractivity contribution in [1.82, 2.24) is 9.88 Å². The minimum absolute atomic E-state index is 0.120. The Kier molecular flexibility index (Phi) is 10.6. The number of carboxylic acids is 1. The number of carbonyl (C=O) groups excluding carboxylic acids is 1. The lowest BCUT2D eigenvalue weighted by Gasteiger charge is -2.36. The van der Waals surface area contributed by atoms with Crippen molar-refractivity contribution in [2.45, 2.75) is 79.1 Å². The molecule has 1 heterocycles. The van der Waals surface area contributed by atoms with Crippen LogP contribution in [0.4, 0.5) is 23.1 Å². The molecule has 2 N–H and O–H groups in total. The molecular weight excluding hydrogens is 559 g/mol. The topological polar surface area (TPSA) is 91.8 Å². The first-order valence-electron chi connectivity index (χ1n) is 12.3. The van der Waals surface area contributed by atoms with Gasteiger partial charge in [0.05, 0.1) is 10.4 Å². The predicted octanol–water partition coefficient (Wildman–Crippen LogP) is 7.59. The second kappa shape index (κ2) is 13.3. The minimum Gasteiger partial charge on any atom is -0.480 e. The third-order valence-electron chi connectivity index (χ3n) is 6.13. The van der Waals surface area contributed by atoms with Gasteiger partial charge in [-0.05, 0) is 81.9 Å². The van der Waals surface area contributed by atoms with Crippen molar-refractivity contribution in [2.24, 2.45) is 5.92 Å². The second-order valence-electron chi connectivity index (χ2n) is 9.66. The molecule has 1 aromatic carbocycles. The van der Waals surface area contributed by atoms with Gasteiger partial charge in [0.2, 0.25) is 0 Å². The molecule has 0 unspecified atom stereocenters. The maximum absolute atomic E-state index is 13.3. The number of urea groups is 1. The van der Waals surface area contributed by atoms with Crippen LogP contribution in [-0.2, 0) is 4.79 Å². The van der Waals surface area contributed by atoms with Crippen molar-refractivity contribution in [2.75, 3.05) is 17.6 Å². The van der Waals surface area contributed by atoms with Gasteiger partial charge in [-0.3, -0.25) is 10.1 Å². The third-order valence-corrected chi connectivity index (χ3v) is 9.42. The summed E-state index contributed by atoms with van der Waals surface area (Å²) in [4.78, 5) is 31.6. The molecule has 210 valence electrons. The summed E-state index contributed by atoms with van der Waals surface area (Å²) in [5.74, 6) is 0.135. The Balaban J connectivity index is 1.56. The highest BCUT2D eigenvalue weighted by Gasteiger charge is 2.32. The van der Waals surface area contributed by atoms with Crippen molar-refractivity contribution in [3.05, 3.63) is 30.5 Å². The van der Waals surface area contributed by atoms with E-state index in [2.05, 4.69) is 22.0 Å². The van der Waals surface area contributed by atoms with Crippen LogP contribution in [0.1, 0.15) is 52.9 Å². The number of amides is 2. The van der Waals surface area contributed by atoms with Crippen LogP contribution in [0, 0.1) is 5.92 Å². The van der Waals surface area contributed by atoms with Gasteiger partial charge in [-0.15, -0.1) is 24.9 Å². The summed E-state index contributed by atoms with van der Waals surface area (Å²) in [5, 5.41) is 12.7. The zero-order chi connectivity index (χ0) is 27.9. The predicted molar refractivity (Wildman–Crippen MR) is 145 cm³/mol. The number of benzene rings is 1. The fraction of sp³-hybridized carbons (Fsp3) is 0.560. The molecular formula is C25H32F3N3O4S3. The van der Waals surface area contributed by atoms with Gasteiger partial charge in [-0.1, -0.05) is 30.0 Å². The monoisotopic (exact) mass is 591 g/mol. The number of carboxylic acid groups (broad SMARTS) is 1. The molecule has 1 saturated carbocycles. The van der Waals surface area contributed by atoms with E-state index in [1.165, 1.54) is 47.0 Å². The number of aromatic nitrogens is 1. The Hall–Kier alpha value is -2.12. The second-order valence-corrected chi connectivity index (χ2v) is 13.8. The number of aliphatic carboxylic acids is 1. The van der Waals surface area contributed by atoms with E-state index in [1.807, 2.05) is 4.90 Å². The Morgan fingerprint density at radius 1 is 1.18 bits per heavy atom. The van der Waals surface area contributed by atoms with E-state index in [0.29, 0.717) is 34.0 Å². The fourth-order valence-electron chi connectivity index (χ4n) is 3.99. The number of hydrogen-bond donors (Lipinski definition) is 2. The SMILES string of the molecule is CC1CCC(N(CCCSc2ccc(OC(F)(F)F)cc2)C(=O)Nc2ncc(SC(C)(C)C(=O)O)s2)CC1. The normalized spacial score (nSPS) is 18.2. The number of halogens is 3.